The van der Waals surface area contributed by atoms with Crippen molar-refractivity contribution in [2.45, 2.75) is 31.5 Å². The van der Waals surface area contributed by atoms with E-state index in [9.17, 15) is 0 Å². The molecule has 1 spiro atoms. The van der Waals surface area contributed by atoms with Gasteiger partial charge in [0.25, 0.3) is 0 Å². The fourth-order valence-electron chi connectivity index (χ4n) is 2.62. The summed E-state index contributed by atoms with van der Waals surface area (Å²) in [6.45, 7) is 1.69. The van der Waals surface area contributed by atoms with Crippen molar-refractivity contribution in [2.24, 2.45) is 5.41 Å². The van der Waals surface area contributed by atoms with Crippen molar-refractivity contribution in [3.63, 3.8) is 0 Å². The molecule has 0 aromatic heterocycles. The minimum atomic E-state index is 0.359. The van der Waals surface area contributed by atoms with Crippen LogP contribution in [0.2, 0.25) is 0 Å². The molecule has 0 bridgehead atoms. The van der Waals surface area contributed by atoms with Crippen LogP contribution >= 0.6 is 0 Å². The largest absolute Gasteiger partial charge is 0.377 e. The van der Waals surface area contributed by atoms with E-state index < -0.39 is 0 Å². The van der Waals surface area contributed by atoms with Gasteiger partial charge in [-0.05, 0) is 19.3 Å². The predicted molar refractivity (Wildman–Crippen MR) is 44.9 cm³/mol. The Morgan fingerprint density at radius 2 is 2.33 bits per heavy atom. The smallest absolute Gasteiger partial charge is 0.0922 e. The summed E-state index contributed by atoms with van der Waals surface area (Å²) in [7, 11) is 0. The SMILES string of the molecule is C1=CC[C@]2(CC[C@@H]3O[C@H]32)COC1. The first kappa shape index (κ1) is 7.10. The molecule has 3 rings (SSSR count). The number of rotatable bonds is 0. The summed E-state index contributed by atoms with van der Waals surface area (Å²) in [6, 6.07) is 0. The first-order chi connectivity index (χ1) is 5.91. The molecule has 2 heteroatoms. The molecule has 2 aliphatic heterocycles. The van der Waals surface area contributed by atoms with Gasteiger partial charge in [0.15, 0.2) is 0 Å². The lowest BCUT2D eigenvalue weighted by Gasteiger charge is -2.26. The van der Waals surface area contributed by atoms with Crippen LogP contribution in [0.1, 0.15) is 19.3 Å². The predicted octanol–water partition coefficient (Wildman–Crippen LogP) is 1.51. The maximum absolute atomic E-state index is 5.59. The van der Waals surface area contributed by atoms with Gasteiger partial charge in [-0.25, -0.2) is 0 Å². The summed E-state index contributed by atoms with van der Waals surface area (Å²) >= 11 is 0. The molecule has 66 valence electrons. The third-order valence-electron chi connectivity index (χ3n) is 3.41. The van der Waals surface area contributed by atoms with Crippen molar-refractivity contribution >= 4 is 0 Å². The molecule has 0 aromatic rings. The quantitative estimate of drug-likeness (QED) is 0.402. The highest BCUT2D eigenvalue weighted by Gasteiger charge is 2.59. The molecule has 0 amide bonds. The Bertz CT molecular complexity index is 224. The van der Waals surface area contributed by atoms with E-state index in [1.165, 1.54) is 12.8 Å². The van der Waals surface area contributed by atoms with Crippen LogP contribution in [0.3, 0.4) is 0 Å². The van der Waals surface area contributed by atoms with Gasteiger partial charge >= 0.3 is 0 Å². The van der Waals surface area contributed by atoms with Crippen LogP contribution in [-0.2, 0) is 9.47 Å². The Morgan fingerprint density at radius 3 is 3.08 bits per heavy atom. The number of hydrogen-bond donors (Lipinski definition) is 0. The van der Waals surface area contributed by atoms with E-state index in [0.29, 0.717) is 17.6 Å². The first-order valence-corrected chi connectivity index (χ1v) is 4.79. The van der Waals surface area contributed by atoms with Crippen molar-refractivity contribution in [1.82, 2.24) is 0 Å². The van der Waals surface area contributed by atoms with Crippen LogP contribution in [0, 0.1) is 5.41 Å². The fraction of sp³-hybridized carbons (Fsp3) is 0.800. The second-order valence-electron chi connectivity index (χ2n) is 4.19. The monoisotopic (exact) mass is 166 g/mol. The maximum Gasteiger partial charge on any atom is 0.0922 e. The van der Waals surface area contributed by atoms with Crippen LogP contribution in [0.5, 0.6) is 0 Å². The van der Waals surface area contributed by atoms with Crippen LogP contribution in [0.25, 0.3) is 0 Å². The van der Waals surface area contributed by atoms with Gasteiger partial charge in [-0.2, -0.15) is 0 Å². The second-order valence-corrected chi connectivity index (χ2v) is 4.19. The van der Waals surface area contributed by atoms with Gasteiger partial charge in [0.1, 0.15) is 0 Å². The third-order valence-corrected chi connectivity index (χ3v) is 3.41. The molecule has 2 fully saturated rings. The molecule has 3 aliphatic rings. The Morgan fingerprint density at radius 1 is 1.33 bits per heavy atom. The van der Waals surface area contributed by atoms with E-state index in [4.69, 9.17) is 9.47 Å². The van der Waals surface area contributed by atoms with Crippen LogP contribution < -0.4 is 0 Å². The molecule has 0 unspecified atom stereocenters. The Kier molecular flexibility index (Phi) is 1.38. The lowest BCUT2D eigenvalue weighted by atomic mass is 9.83. The van der Waals surface area contributed by atoms with Gasteiger partial charge in [0.05, 0.1) is 25.4 Å². The molecule has 1 aliphatic carbocycles. The van der Waals surface area contributed by atoms with Crippen molar-refractivity contribution in [3.05, 3.63) is 12.2 Å². The molecule has 12 heavy (non-hydrogen) atoms. The minimum Gasteiger partial charge on any atom is -0.377 e. The summed E-state index contributed by atoms with van der Waals surface area (Å²) in [5, 5.41) is 0. The molecule has 2 nitrogen and oxygen atoms in total. The summed E-state index contributed by atoms with van der Waals surface area (Å²) in [4.78, 5) is 0. The average Bonchev–Trinajstić information content (AvgIpc) is 2.78. The molecular formula is C10H14O2. The Hall–Kier alpha value is -0.340. The Labute approximate surface area is 72.5 Å². The fourth-order valence-corrected chi connectivity index (χ4v) is 2.62. The van der Waals surface area contributed by atoms with Crippen LogP contribution in [0.15, 0.2) is 12.2 Å². The zero-order valence-corrected chi connectivity index (χ0v) is 7.16. The van der Waals surface area contributed by atoms with E-state index in [1.807, 2.05) is 0 Å². The number of allylic oxidation sites excluding steroid dienone is 1. The molecule has 2 heterocycles. The maximum atomic E-state index is 5.59. The molecule has 1 saturated heterocycles. The number of epoxide rings is 1. The zero-order chi connectivity index (χ0) is 8.02. The summed E-state index contributed by atoms with van der Waals surface area (Å²) < 4.78 is 11.2. The lowest BCUT2D eigenvalue weighted by molar-refractivity contribution is 0.0387. The van der Waals surface area contributed by atoms with E-state index >= 15 is 0 Å². The highest BCUT2D eigenvalue weighted by Crippen LogP contribution is 2.54. The lowest BCUT2D eigenvalue weighted by Crippen LogP contribution is -2.29. The zero-order valence-electron chi connectivity index (χ0n) is 7.16. The van der Waals surface area contributed by atoms with E-state index in [1.54, 1.807) is 0 Å². The van der Waals surface area contributed by atoms with E-state index in [-0.39, 0.29) is 0 Å². The van der Waals surface area contributed by atoms with Gasteiger partial charge in [0, 0.05) is 5.41 Å². The number of fused-ring (bicyclic) bond motifs is 2. The normalized spacial score (nSPS) is 50.7. The van der Waals surface area contributed by atoms with E-state index in [2.05, 4.69) is 12.2 Å². The van der Waals surface area contributed by atoms with E-state index in [0.717, 1.165) is 19.6 Å². The summed E-state index contributed by atoms with van der Waals surface area (Å²) in [6.07, 6.45) is 9.21. The van der Waals surface area contributed by atoms with Gasteiger partial charge < -0.3 is 9.47 Å². The third kappa shape index (κ3) is 0.882. The van der Waals surface area contributed by atoms with Gasteiger partial charge in [-0.1, -0.05) is 12.2 Å². The van der Waals surface area contributed by atoms with Crippen molar-refractivity contribution < 1.29 is 9.47 Å². The standard InChI is InChI=1S/C10H14O2/c1-2-6-11-7-10(4-1)5-3-8-9(10)12-8/h1-2,8-9H,3-7H2/t8-,9+,10-/m0/s1. The van der Waals surface area contributed by atoms with Crippen molar-refractivity contribution in [1.29, 1.82) is 0 Å². The molecular weight excluding hydrogens is 152 g/mol. The minimum absolute atomic E-state index is 0.359. The van der Waals surface area contributed by atoms with Gasteiger partial charge in [0.2, 0.25) is 0 Å². The molecule has 3 atom stereocenters. The topological polar surface area (TPSA) is 21.8 Å². The van der Waals surface area contributed by atoms with Gasteiger partial charge in [-0.15, -0.1) is 0 Å². The van der Waals surface area contributed by atoms with Crippen LogP contribution in [0.4, 0.5) is 0 Å². The molecule has 1 saturated carbocycles. The van der Waals surface area contributed by atoms with Crippen molar-refractivity contribution in [3.8, 4) is 0 Å². The Balaban J connectivity index is 1.83. The van der Waals surface area contributed by atoms with Crippen LogP contribution in [-0.4, -0.2) is 25.4 Å². The highest BCUT2D eigenvalue weighted by atomic mass is 16.6. The molecule has 0 N–H and O–H groups in total. The first-order valence-electron chi connectivity index (χ1n) is 4.79. The number of ether oxygens (including phenoxy) is 2. The molecule has 0 aromatic carbocycles. The van der Waals surface area contributed by atoms with Gasteiger partial charge in [-0.3, -0.25) is 0 Å². The summed E-state index contributed by atoms with van der Waals surface area (Å²) in [5.74, 6) is 0. The average molecular weight is 166 g/mol. The van der Waals surface area contributed by atoms with Crippen molar-refractivity contribution in [2.75, 3.05) is 13.2 Å². The molecule has 0 radical (unpaired) electrons. The highest BCUT2D eigenvalue weighted by molar-refractivity contribution is 5.10. The number of hydrogen-bond acceptors (Lipinski definition) is 2. The summed E-state index contributed by atoms with van der Waals surface area (Å²) in [5.41, 5.74) is 0.359. The second kappa shape index (κ2) is 2.33.